The van der Waals surface area contributed by atoms with Gasteiger partial charge in [0, 0.05) is 44.7 Å². The second kappa shape index (κ2) is 8.54. The van der Waals surface area contributed by atoms with Gasteiger partial charge in [-0.05, 0) is 18.3 Å². The number of nitrogens with zero attached hydrogens (tertiary/aromatic N) is 1. The van der Waals surface area contributed by atoms with Crippen LogP contribution < -0.4 is 10.6 Å². The quantitative estimate of drug-likeness (QED) is 0.391. The van der Waals surface area contributed by atoms with Crippen LogP contribution in [-0.4, -0.2) is 51.5 Å². The molecule has 0 aromatic rings. The zero-order chi connectivity index (χ0) is 17.3. The van der Waals surface area contributed by atoms with Gasteiger partial charge in [-0.2, -0.15) is 0 Å². The average molecular weight is 453 g/mol. The smallest absolute Gasteiger partial charge is 0.191 e. The van der Waals surface area contributed by atoms with Crippen molar-refractivity contribution in [1.82, 2.24) is 10.6 Å². The maximum atomic E-state index is 5.98. The number of ether oxygens (including phenoxy) is 2. The Morgan fingerprint density at radius 3 is 2.58 bits per heavy atom. The molecule has 0 spiro atoms. The molecular weight excluding hydrogens is 417 g/mol. The third-order valence-corrected chi connectivity index (χ3v) is 5.55. The Morgan fingerprint density at radius 2 is 2.04 bits per heavy atom. The van der Waals surface area contributed by atoms with E-state index in [0.717, 1.165) is 25.5 Å². The van der Waals surface area contributed by atoms with Crippen molar-refractivity contribution in [3.63, 3.8) is 0 Å². The van der Waals surface area contributed by atoms with Crippen LogP contribution in [0.1, 0.15) is 47.5 Å². The molecule has 1 saturated carbocycles. The zero-order valence-electron chi connectivity index (χ0n) is 16.3. The van der Waals surface area contributed by atoms with Gasteiger partial charge >= 0.3 is 0 Å². The Kier molecular flexibility index (Phi) is 7.81. The molecule has 2 fully saturated rings. The molecule has 4 atom stereocenters. The van der Waals surface area contributed by atoms with Crippen molar-refractivity contribution in [3.8, 4) is 0 Å². The summed E-state index contributed by atoms with van der Waals surface area (Å²) in [5, 5.41) is 7.06. The van der Waals surface area contributed by atoms with E-state index in [1.807, 2.05) is 7.05 Å². The van der Waals surface area contributed by atoms with Gasteiger partial charge < -0.3 is 20.1 Å². The molecule has 0 bridgehead atoms. The van der Waals surface area contributed by atoms with Crippen LogP contribution in [0.15, 0.2) is 4.99 Å². The van der Waals surface area contributed by atoms with Gasteiger partial charge in [0.05, 0.1) is 12.2 Å². The minimum atomic E-state index is 0. The summed E-state index contributed by atoms with van der Waals surface area (Å²) in [7, 11) is 3.60. The number of aliphatic imine (C=N–C) groups is 1. The van der Waals surface area contributed by atoms with Gasteiger partial charge in [-0.3, -0.25) is 4.99 Å². The number of methoxy groups -OCH3 is 1. The normalized spacial score (nSPS) is 30.5. The van der Waals surface area contributed by atoms with E-state index in [0.29, 0.717) is 18.1 Å². The first-order chi connectivity index (χ1) is 10.7. The van der Waals surface area contributed by atoms with E-state index in [1.165, 1.54) is 6.42 Å². The predicted octanol–water partition coefficient (Wildman–Crippen LogP) is 3.03. The molecule has 6 heteroatoms. The molecule has 0 radical (unpaired) electrons. The first-order valence-corrected chi connectivity index (χ1v) is 8.83. The van der Waals surface area contributed by atoms with Crippen molar-refractivity contribution in [2.45, 2.75) is 65.7 Å². The number of hydrogen-bond donors (Lipinski definition) is 2. The monoisotopic (exact) mass is 453 g/mol. The van der Waals surface area contributed by atoms with E-state index < -0.39 is 0 Å². The molecule has 142 valence electrons. The summed E-state index contributed by atoms with van der Waals surface area (Å²) in [5.41, 5.74) is 0.242. The van der Waals surface area contributed by atoms with E-state index in [2.05, 4.69) is 50.2 Å². The fourth-order valence-electron chi connectivity index (χ4n) is 4.09. The highest BCUT2D eigenvalue weighted by Crippen LogP contribution is 2.51. The molecule has 2 N–H and O–H groups in total. The molecular formula is C18H36IN3O2. The SMILES string of the molecule is CN=C(NCC(OC)C(C)(C)C)NC1C2CCCOC2C1(C)C.I. The molecule has 1 aliphatic heterocycles. The van der Waals surface area contributed by atoms with Gasteiger partial charge in [0.2, 0.25) is 0 Å². The van der Waals surface area contributed by atoms with Gasteiger partial charge in [0.15, 0.2) is 5.96 Å². The number of nitrogens with one attached hydrogen (secondary N) is 2. The molecule has 1 saturated heterocycles. The predicted molar refractivity (Wildman–Crippen MR) is 110 cm³/mol. The molecule has 4 unspecified atom stereocenters. The molecule has 1 heterocycles. The lowest BCUT2D eigenvalue weighted by Crippen LogP contribution is -2.71. The summed E-state index contributed by atoms with van der Waals surface area (Å²) in [5.74, 6) is 1.46. The summed E-state index contributed by atoms with van der Waals surface area (Å²) in [6.45, 7) is 12.8. The van der Waals surface area contributed by atoms with Crippen molar-refractivity contribution in [2.24, 2.45) is 21.7 Å². The molecule has 1 aliphatic carbocycles. The summed E-state index contributed by atoms with van der Waals surface area (Å²) in [6, 6.07) is 0.412. The van der Waals surface area contributed by atoms with E-state index in [4.69, 9.17) is 9.47 Å². The van der Waals surface area contributed by atoms with Crippen molar-refractivity contribution in [1.29, 1.82) is 0 Å². The molecule has 5 nitrogen and oxygen atoms in total. The van der Waals surface area contributed by atoms with Crippen LogP contribution in [0.5, 0.6) is 0 Å². The van der Waals surface area contributed by atoms with E-state index in [-0.39, 0.29) is 40.9 Å². The molecule has 2 rings (SSSR count). The van der Waals surface area contributed by atoms with Crippen LogP contribution >= 0.6 is 24.0 Å². The lowest BCUT2D eigenvalue weighted by Gasteiger charge is -2.60. The van der Waals surface area contributed by atoms with Crippen LogP contribution in [0, 0.1) is 16.7 Å². The Hall–Kier alpha value is -0.0800. The fraction of sp³-hybridized carbons (Fsp3) is 0.944. The Morgan fingerprint density at radius 1 is 1.38 bits per heavy atom. The van der Waals surface area contributed by atoms with E-state index in [9.17, 15) is 0 Å². The van der Waals surface area contributed by atoms with Gasteiger partial charge in [-0.15, -0.1) is 24.0 Å². The summed E-state index contributed by atoms with van der Waals surface area (Å²) in [4.78, 5) is 4.40. The van der Waals surface area contributed by atoms with Crippen molar-refractivity contribution in [2.75, 3.05) is 27.3 Å². The molecule has 2 aliphatic rings. The van der Waals surface area contributed by atoms with Gasteiger partial charge in [0.1, 0.15) is 0 Å². The van der Waals surface area contributed by atoms with Crippen molar-refractivity contribution < 1.29 is 9.47 Å². The Labute approximate surface area is 164 Å². The highest BCUT2D eigenvalue weighted by molar-refractivity contribution is 14.0. The highest BCUT2D eigenvalue weighted by atomic mass is 127. The van der Waals surface area contributed by atoms with Gasteiger partial charge in [-0.25, -0.2) is 0 Å². The number of hydrogen-bond acceptors (Lipinski definition) is 3. The van der Waals surface area contributed by atoms with Gasteiger partial charge in [0.25, 0.3) is 0 Å². The first-order valence-electron chi connectivity index (χ1n) is 8.83. The number of guanidine groups is 1. The minimum absolute atomic E-state index is 0. The van der Waals surface area contributed by atoms with Crippen molar-refractivity contribution in [3.05, 3.63) is 0 Å². The van der Waals surface area contributed by atoms with Gasteiger partial charge in [-0.1, -0.05) is 34.6 Å². The topological polar surface area (TPSA) is 54.9 Å². The maximum absolute atomic E-state index is 5.98. The lowest BCUT2D eigenvalue weighted by molar-refractivity contribution is -0.188. The minimum Gasteiger partial charge on any atom is -0.379 e. The second-order valence-corrected chi connectivity index (χ2v) is 8.58. The number of fused-ring (bicyclic) bond motifs is 1. The first kappa shape index (κ1) is 22.0. The standard InChI is InChI=1S/C18H35N3O2.HI/c1-17(2,3)13(22-7)11-20-16(19-6)21-14-12-9-8-10-23-15(12)18(14,4)5;/h12-15H,8-11H2,1-7H3,(H2,19,20,21);1H. The van der Waals surface area contributed by atoms with Crippen LogP contribution in [0.3, 0.4) is 0 Å². The third kappa shape index (κ3) is 4.55. The number of rotatable bonds is 4. The van der Waals surface area contributed by atoms with Crippen LogP contribution in [0.25, 0.3) is 0 Å². The summed E-state index contributed by atoms with van der Waals surface area (Å²) in [6.07, 6.45) is 2.93. The third-order valence-electron chi connectivity index (χ3n) is 5.55. The Balaban J connectivity index is 0.00000288. The largest absolute Gasteiger partial charge is 0.379 e. The van der Waals surface area contributed by atoms with Crippen LogP contribution in [0.4, 0.5) is 0 Å². The number of halogens is 1. The summed E-state index contributed by atoms with van der Waals surface area (Å²) >= 11 is 0. The molecule has 0 amide bonds. The average Bonchev–Trinajstić information content (AvgIpc) is 2.49. The van der Waals surface area contributed by atoms with Crippen molar-refractivity contribution >= 4 is 29.9 Å². The van der Waals surface area contributed by atoms with Crippen LogP contribution in [0.2, 0.25) is 0 Å². The second-order valence-electron chi connectivity index (χ2n) is 8.58. The molecule has 24 heavy (non-hydrogen) atoms. The lowest BCUT2D eigenvalue weighted by atomic mass is 9.55. The Bertz CT molecular complexity index is 434. The molecule has 0 aromatic heterocycles. The zero-order valence-corrected chi connectivity index (χ0v) is 18.6. The van der Waals surface area contributed by atoms with Crippen LogP contribution in [-0.2, 0) is 9.47 Å². The maximum Gasteiger partial charge on any atom is 0.191 e. The molecule has 0 aromatic carbocycles. The highest BCUT2D eigenvalue weighted by Gasteiger charge is 2.58. The van der Waals surface area contributed by atoms with E-state index in [1.54, 1.807) is 7.11 Å². The van der Waals surface area contributed by atoms with E-state index >= 15 is 0 Å². The summed E-state index contributed by atoms with van der Waals surface area (Å²) < 4.78 is 11.6. The fourth-order valence-corrected chi connectivity index (χ4v) is 4.09.